The molecule has 0 saturated heterocycles. The van der Waals surface area contributed by atoms with Gasteiger partial charge in [-0.1, -0.05) is 55.8 Å². The fourth-order valence-electron chi connectivity index (χ4n) is 8.78. The van der Waals surface area contributed by atoms with Crippen LogP contribution in [0.1, 0.15) is 89.0 Å². The first kappa shape index (κ1) is 25.8. The van der Waals surface area contributed by atoms with E-state index in [0.29, 0.717) is 17.3 Å². The summed E-state index contributed by atoms with van der Waals surface area (Å²) in [6.07, 6.45) is 11.1. The maximum Gasteiger partial charge on any atom is 0.306 e. The predicted molar refractivity (Wildman–Crippen MR) is 149 cm³/mol. The Morgan fingerprint density at radius 1 is 1.05 bits per heavy atom. The Kier molecular flexibility index (Phi) is 6.74. The van der Waals surface area contributed by atoms with Crippen molar-refractivity contribution in [1.29, 1.82) is 0 Å². The van der Waals surface area contributed by atoms with Crippen molar-refractivity contribution >= 4 is 23.3 Å². The van der Waals surface area contributed by atoms with Crippen LogP contribution in [0.3, 0.4) is 0 Å². The molecule has 0 aliphatic heterocycles. The smallest absolute Gasteiger partial charge is 0.306 e. The summed E-state index contributed by atoms with van der Waals surface area (Å²) >= 11 is 1.86. The predicted octanol–water partition coefficient (Wildman–Crippen LogP) is 7.63. The average Bonchev–Trinajstić information content (AvgIpc) is 3.52. The molecule has 1 N–H and O–H groups in total. The van der Waals surface area contributed by atoms with Crippen LogP contribution >= 0.6 is 11.3 Å². The molecule has 4 aliphatic rings. The normalized spacial score (nSPS) is 35.9. The highest BCUT2D eigenvalue weighted by Crippen LogP contribution is 2.68. The van der Waals surface area contributed by atoms with Gasteiger partial charge in [-0.15, -0.1) is 11.3 Å². The number of aliphatic carboxylic acids is 1. The number of thiazole rings is 1. The van der Waals surface area contributed by atoms with Crippen LogP contribution in [0.2, 0.25) is 0 Å². The molecule has 5 nitrogen and oxygen atoms in total. The fourth-order valence-corrected chi connectivity index (χ4v) is 9.90. The topological polar surface area (TPSA) is 76.5 Å². The number of carboxylic acids is 1. The number of esters is 1. The van der Waals surface area contributed by atoms with Crippen LogP contribution in [0.5, 0.6) is 0 Å². The van der Waals surface area contributed by atoms with Crippen molar-refractivity contribution < 1.29 is 19.4 Å². The zero-order valence-electron chi connectivity index (χ0n) is 22.5. The summed E-state index contributed by atoms with van der Waals surface area (Å²) in [4.78, 5) is 28.1. The number of carbonyl (C=O) groups is 2. The number of rotatable bonds is 6. The van der Waals surface area contributed by atoms with Gasteiger partial charge in [0, 0.05) is 23.3 Å². The maximum absolute atomic E-state index is 12.2. The highest BCUT2D eigenvalue weighted by atomic mass is 32.1. The number of ether oxygens (including phenoxy) is 1. The van der Waals surface area contributed by atoms with Crippen molar-refractivity contribution in [2.24, 2.45) is 28.6 Å². The van der Waals surface area contributed by atoms with E-state index in [1.54, 1.807) is 0 Å². The summed E-state index contributed by atoms with van der Waals surface area (Å²) in [6.45, 7) is 5.03. The lowest BCUT2D eigenvalue weighted by molar-refractivity contribution is -0.154. The molecule has 2 aromatic rings. The first-order chi connectivity index (χ1) is 18.3. The second kappa shape index (κ2) is 9.93. The zero-order valence-corrected chi connectivity index (χ0v) is 23.3. The summed E-state index contributed by atoms with van der Waals surface area (Å²) < 4.78 is 5.71. The molecule has 38 heavy (non-hydrogen) atoms. The van der Waals surface area contributed by atoms with Crippen molar-refractivity contribution in [2.45, 2.75) is 90.1 Å². The quantitative estimate of drug-likeness (QED) is 0.305. The van der Waals surface area contributed by atoms with E-state index < -0.39 is 5.97 Å². The molecule has 0 bridgehead atoms. The van der Waals surface area contributed by atoms with Gasteiger partial charge in [-0.3, -0.25) is 9.59 Å². The van der Waals surface area contributed by atoms with Crippen LogP contribution in [0.15, 0.2) is 47.4 Å². The third-order valence-corrected chi connectivity index (χ3v) is 11.7. The van der Waals surface area contributed by atoms with E-state index in [1.165, 1.54) is 41.8 Å². The lowest BCUT2D eigenvalue weighted by Crippen LogP contribution is -2.50. The molecule has 0 radical (unpaired) electrons. The van der Waals surface area contributed by atoms with E-state index in [9.17, 15) is 9.59 Å². The standard InChI is InChI=1S/C32H39NO4S/c1-31-16-14-22(37-29(36)13-12-28(34)35)18-21(31)8-9-23-24-10-11-26(32(24,2)17-15-25(23)31)30-33-27(19-38-30)20-6-4-3-5-7-20/h3-8,19,22-26H,9-18H2,1-2H3,(H,34,35)/t22?,23-,24-,25-,26?,31-,32-/m0/s1. The van der Waals surface area contributed by atoms with E-state index in [1.807, 2.05) is 11.3 Å². The summed E-state index contributed by atoms with van der Waals surface area (Å²) in [7, 11) is 0. The van der Waals surface area contributed by atoms with E-state index in [2.05, 4.69) is 55.6 Å². The third kappa shape index (κ3) is 4.43. The van der Waals surface area contributed by atoms with Gasteiger partial charge in [0.15, 0.2) is 0 Å². The molecule has 1 heterocycles. The van der Waals surface area contributed by atoms with Crippen molar-refractivity contribution in [3.05, 3.63) is 52.4 Å². The van der Waals surface area contributed by atoms with Crippen LogP contribution in [0, 0.1) is 28.6 Å². The lowest BCUT2D eigenvalue weighted by atomic mass is 9.47. The largest absolute Gasteiger partial charge is 0.481 e. The van der Waals surface area contributed by atoms with Gasteiger partial charge >= 0.3 is 11.9 Å². The Balaban J connectivity index is 1.16. The van der Waals surface area contributed by atoms with Crippen molar-refractivity contribution in [1.82, 2.24) is 4.98 Å². The number of hydrogen-bond acceptors (Lipinski definition) is 5. The number of carboxylic acid groups (broad SMARTS) is 1. The summed E-state index contributed by atoms with van der Waals surface area (Å²) in [5, 5.41) is 12.4. The second-order valence-corrected chi connectivity index (χ2v) is 13.5. The Hall–Kier alpha value is -2.47. The third-order valence-electron chi connectivity index (χ3n) is 10.8. The molecule has 1 aromatic carbocycles. The highest BCUT2D eigenvalue weighted by Gasteiger charge is 2.59. The Bertz CT molecular complexity index is 1240. The minimum atomic E-state index is -0.954. The van der Waals surface area contributed by atoms with Crippen molar-refractivity contribution in [3.8, 4) is 11.3 Å². The number of hydrogen-bond donors (Lipinski definition) is 1. The molecule has 0 amide bonds. The molecule has 2 unspecified atom stereocenters. The molecule has 202 valence electrons. The summed E-state index contributed by atoms with van der Waals surface area (Å²) in [5.41, 5.74) is 4.30. The van der Waals surface area contributed by atoms with E-state index in [0.717, 1.165) is 43.2 Å². The SMILES string of the molecule is C[C@]12CCC(OC(=O)CCC(=O)O)CC1=CC[C@@H]1[C@@H]2CC[C@]2(C)C(c3nc(-c4ccccc4)cs3)CC[C@@H]12. The van der Waals surface area contributed by atoms with Crippen LogP contribution in [-0.4, -0.2) is 28.1 Å². The van der Waals surface area contributed by atoms with Crippen LogP contribution in [0.25, 0.3) is 11.3 Å². The first-order valence-corrected chi connectivity index (χ1v) is 15.3. The zero-order chi connectivity index (χ0) is 26.5. The molecule has 6 rings (SSSR count). The van der Waals surface area contributed by atoms with E-state index >= 15 is 0 Å². The second-order valence-electron chi connectivity index (χ2n) is 12.6. The molecule has 0 spiro atoms. The average molecular weight is 534 g/mol. The maximum atomic E-state index is 12.2. The van der Waals surface area contributed by atoms with E-state index in [4.69, 9.17) is 14.8 Å². The van der Waals surface area contributed by atoms with Gasteiger partial charge in [-0.25, -0.2) is 4.98 Å². The lowest BCUT2D eigenvalue weighted by Gasteiger charge is -2.58. The fraction of sp³-hybridized carbons (Fsp3) is 0.594. The van der Waals surface area contributed by atoms with Crippen LogP contribution < -0.4 is 0 Å². The minimum absolute atomic E-state index is 0.0415. The van der Waals surface area contributed by atoms with Gasteiger partial charge in [0.25, 0.3) is 0 Å². The van der Waals surface area contributed by atoms with Gasteiger partial charge < -0.3 is 9.84 Å². The number of nitrogens with zero attached hydrogens (tertiary/aromatic N) is 1. The Morgan fingerprint density at radius 3 is 2.66 bits per heavy atom. The number of carbonyl (C=O) groups excluding carboxylic acids is 1. The van der Waals surface area contributed by atoms with Gasteiger partial charge in [0.1, 0.15) is 6.10 Å². The summed E-state index contributed by atoms with van der Waals surface area (Å²) in [5.74, 6) is 1.36. The van der Waals surface area contributed by atoms with Crippen LogP contribution in [-0.2, 0) is 14.3 Å². The Labute approximate surface area is 229 Å². The molecule has 7 atom stereocenters. The molecule has 1 aromatic heterocycles. The molecule has 4 aliphatic carbocycles. The molecule has 6 heteroatoms. The van der Waals surface area contributed by atoms with Gasteiger partial charge in [-0.05, 0) is 73.5 Å². The number of aromatic nitrogens is 1. The molecular formula is C32H39NO4S. The van der Waals surface area contributed by atoms with Crippen molar-refractivity contribution in [2.75, 3.05) is 0 Å². The van der Waals surface area contributed by atoms with Gasteiger partial charge in [0.05, 0.1) is 23.5 Å². The monoisotopic (exact) mass is 533 g/mol. The van der Waals surface area contributed by atoms with Gasteiger partial charge in [-0.2, -0.15) is 0 Å². The molecule has 3 fully saturated rings. The molecule has 3 saturated carbocycles. The van der Waals surface area contributed by atoms with Gasteiger partial charge in [0.2, 0.25) is 0 Å². The number of allylic oxidation sites excluding steroid dienone is 1. The summed E-state index contributed by atoms with van der Waals surface area (Å²) in [6, 6.07) is 10.5. The number of benzene rings is 1. The van der Waals surface area contributed by atoms with E-state index in [-0.39, 0.29) is 30.3 Å². The molecular weight excluding hydrogens is 494 g/mol. The first-order valence-electron chi connectivity index (χ1n) is 14.4. The minimum Gasteiger partial charge on any atom is -0.481 e. The highest BCUT2D eigenvalue weighted by molar-refractivity contribution is 7.10. The van der Waals surface area contributed by atoms with Crippen LogP contribution in [0.4, 0.5) is 0 Å². The van der Waals surface area contributed by atoms with Crippen molar-refractivity contribution in [3.63, 3.8) is 0 Å². The Morgan fingerprint density at radius 2 is 1.87 bits per heavy atom. The number of fused-ring (bicyclic) bond motifs is 5.